The van der Waals surface area contributed by atoms with Crippen LogP contribution in [0, 0.1) is 0 Å². The van der Waals surface area contributed by atoms with Crippen molar-refractivity contribution >= 4 is 5.95 Å². The molecule has 0 amide bonds. The predicted octanol–water partition coefficient (Wildman–Crippen LogP) is 0.400. The predicted molar refractivity (Wildman–Crippen MR) is 49.5 cm³/mol. The molecule has 0 saturated carbocycles. The fourth-order valence-electron chi connectivity index (χ4n) is 0.685. The third-order valence-electron chi connectivity index (χ3n) is 1.17. The SMILES string of the molecule is [2H]C([2H])([2H])C([2H])([2H])C([2H])([2H])C([2H])([2H])c1c(O)nc(N)[nH]c1=O. The van der Waals surface area contributed by atoms with E-state index in [9.17, 15) is 9.90 Å². The number of aromatic hydroxyl groups is 1. The van der Waals surface area contributed by atoms with Crippen LogP contribution in [0.5, 0.6) is 5.88 Å². The molecular formula is C8H13N3O2. The lowest BCUT2D eigenvalue weighted by atomic mass is 10.1. The van der Waals surface area contributed by atoms with E-state index in [1.165, 1.54) is 0 Å². The maximum absolute atomic E-state index is 11.7. The van der Waals surface area contributed by atoms with Gasteiger partial charge in [-0.25, -0.2) is 0 Å². The summed E-state index contributed by atoms with van der Waals surface area (Å²) in [7, 11) is 0. The van der Waals surface area contributed by atoms with Crippen molar-refractivity contribution in [2.75, 3.05) is 5.73 Å². The van der Waals surface area contributed by atoms with Crippen LogP contribution in [0.2, 0.25) is 0 Å². The van der Waals surface area contributed by atoms with Gasteiger partial charge in [0.1, 0.15) is 0 Å². The minimum absolute atomic E-state index is 0.568. The first-order valence-electron chi connectivity index (χ1n) is 7.66. The van der Waals surface area contributed by atoms with Crippen molar-refractivity contribution < 1.29 is 17.4 Å². The Morgan fingerprint density at radius 2 is 2.62 bits per heavy atom. The normalized spacial score (nSPS) is 24.8. The van der Waals surface area contributed by atoms with Gasteiger partial charge in [0.15, 0.2) is 0 Å². The van der Waals surface area contributed by atoms with Gasteiger partial charge in [-0.2, -0.15) is 4.98 Å². The lowest BCUT2D eigenvalue weighted by Gasteiger charge is -2.01. The van der Waals surface area contributed by atoms with E-state index in [0.717, 1.165) is 0 Å². The molecule has 5 heteroatoms. The maximum Gasteiger partial charge on any atom is 0.259 e. The molecule has 0 aromatic carbocycles. The largest absolute Gasteiger partial charge is 0.493 e. The highest BCUT2D eigenvalue weighted by molar-refractivity contribution is 5.28. The standard InChI is InChI=1S/C8H13N3O2/c1-2-3-4-5-6(12)10-8(9)11-7(5)13/h2-4H2,1H3,(H4,9,10,11,12,13)/i1D3,2D2,3D2,4D2. The molecule has 13 heavy (non-hydrogen) atoms. The molecule has 0 unspecified atom stereocenters. The molecule has 4 N–H and O–H groups in total. The number of nitrogens with two attached hydrogens (primary N) is 1. The molecule has 0 spiro atoms. The zero-order valence-corrected chi connectivity index (χ0v) is 6.38. The number of aromatic amines is 1. The zero-order valence-electron chi connectivity index (χ0n) is 15.4. The van der Waals surface area contributed by atoms with Crippen LogP contribution in [-0.2, 0) is 6.37 Å². The Labute approximate surface area is 88.3 Å². The number of nitrogens with zero attached hydrogens (tertiary/aromatic N) is 1. The monoisotopic (exact) mass is 192 g/mol. The van der Waals surface area contributed by atoms with Crippen LogP contribution >= 0.6 is 0 Å². The molecule has 0 radical (unpaired) electrons. The van der Waals surface area contributed by atoms with Gasteiger partial charge < -0.3 is 10.8 Å². The lowest BCUT2D eigenvalue weighted by molar-refractivity contribution is 0.443. The molecule has 0 atom stereocenters. The van der Waals surface area contributed by atoms with Gasteiger partial charge in [-0.15, -0.1) is 0 Å². The summed E-state index contributed by atoms with van der Waals surface area (Å²) in [5.74, 6) is -1.82. The maximum atomic E-state index is 11.7. The Balaban J connectivity index is 3.63. The highest BCUT2D eigenvalue weighted by atomic mass is 16.3. The average Bonchev–Trinajstić information content (AvgIpc) is 2.24. The van der Waals surface area contributed by atoms with Gasteiger partial charge in [-0.1, -0.05) is 13.2 Å². The van der Waals surface area contributed by atoms with Crippen molar-refractivity contribution in [2.24, 2.45) is 0 Å². The number of hydrogen-bond acceptors (Lipinski definition) is 4. The molecule has 0 aliphatic heterocycles. The highest BCUT2D eigenvalue weighted by Gasteiger charge is 2.07. The number of aromatic nitrogens is 2. The van der Waals surface area contributed by atoms with Crippen molar-refractivity contribution in [3.63, 3.8) is 0 Å². The highest BCUT2D eigenvalue weighted by Crippen LogP contribution is 2.11. The summed E-state index contributed by atoms with van der Waals surface area (Å²) in [6.07, 6.45) is -10.9. The van der Waals surface area contributed by atoms with Crippen LogP contribution in [0.1, 0.15) is 37.5 Å². The van der Waals surface area contributed by atoms with E-state index in [0.29, 0.717) is 0 Å². The number of hydrogen-bond donors (Lipinski definition) is 3. The molecule has 1 aromatic heterocycles. The number of rotatable bonds is 3. The summed E-state index contributed by atoms with van der Waals surface area (Å²) in [4.78, 5) is 16.7. The molecule has 5 nitrogen and oxygen atoms in total. The average molecular weight is 192 g/mol. The summed E-state index contributed by atoms with van der Waals surface area (Å²) < 4.78 is 66.6. The van der Waals surface area contributed by atoms with Gasteiger partial charge in [0.05, 0.1) is 5.56 Å². The fourth-order valence-corrected chi connectivity index (χ4v) is 0.685. The van der Waals surface area contributed by atoms with Crippen molar-refractivity contribution in [2.45, 2.75) is 26.0 Å². The van der Waals surface area contributed by atoms with Crippen molar-refractivity contribution in [1.82, 2.24) is 9.97 Å². The number of nitrogen functional groups attached to an aromatic ring is 1. The molecule has 0 bridgehead atoms. The number of H-pyrrole nitrogens is 1. The van der Waals surface area contributed by atoms with E-state index in [1.54, 1.807) is 0 Å². The van der Waals surface area contributed by atoms with Gasteiger partial charge in [-0.3, -0.25) is 9.78 Å². The van der Waals surface area contributed by atoms with Crippen molar-refractivity contribution in [3.05, 3.63) is 15.9 Å². The van der Waals surface area contributed by atoms with Crippen LogP contribution in [0.3, 0.4) is 0 Å². The first-order valence-corrected chi connectivity index (χ1v) is 3.16. The van der Waals surface area contributed by atoms with Gasteiger partial charge >= 0.3 is 0 Å². The van der Waals surface area contributed by atoms with E-state index < -0.39 is 48.9 Å². The molecule has 0 aliphatic rings. The van der Waals surface area contributed by atoms with Crippen LogP contribution in [0.25, 0.3) is 0 Å². The van der Waals surface area contributed by atoms with Crippen LogP contribution < -0.4 is 11.3 Å². The second-order valence-corrected chi connectivity index (χ2v) is 2.02. The summed E-state index contributed by atoms with van der Waals surface area (Å²) in [5.41, 5.74) is 2.53. The third-order valence-corrected chi connectivity index (χ3v) is 1.17. The summed E-state index contributed by atoms with van der Waals surface area (Å²) >= 11 is 0. The lowest BCUT2D eigenvalue weighted by Crippen LogP contribution is -2.16. The quantitative estimate of drug-likeness (QED) is 0.646. The topological polar surface area (TPSA) is 92.0 Å². The summed E-state index contributed by atoms with van der Waals surface area (Å²) in [5, 5.41) is 9.56. The third kappa shape index (κ3) is 2.21. The Hall–Kier alpha value is -1.52. The number of nitrogens with one attached hydrogen (secondary N) is 1. The molecule has 0 fully saturated rings. The minimum atomic E-state index is -3.70. The summed E-state index contributed by atoms with van der Waals surface area (Å²) in [6, 6.07) is 0. The smallest absolute Gasteiger partial charge is 0.259 e. The fraction of sp³-hybridized carbons (Fsp3) is 0.500. The van der Waals surface area contributed by atoms with E-state index >= 15 is 0 Å². The molecule has 1 rings (SSSR count). The van der Waals surface area contributed by atoms with E-state index in [4.69, 9.17) is 18.1 Å². The second-order valence-electron chi connectivity index (χ2n) is 2.02. The summed E-state index contributed by atoms with van der Waals surface area (Å²) in [6.45, 7) is -3.52. The molecule has 1 heterocycles. The zero-order chi connectivity index (χ0) is 17.7. The van der Waals surface area contributed by atoms with Crippen LogP contribution in [0.4, 0.5) is 5.95 Å². The molecule has 0 saturated heterocycles. The van der Waals surface area contributed by atoms with E-state index in [2.05, 4.69) is 4.98 Å². The van der Waals surface area contributed by atoms with E-state index in [1.807, 2.05) is 4.98 Å². The molecule has 1 aromatic rings. The Kier molecular flexibility index (Phi) is 0.909. The van der Waals surface area contributed by atoms with Crippen LogP contribution in [0.15, 0.2) is 4.79 Å². The van der Waals surface area contributed by atoms with Gasteiger partial charge in [0, 0.05) is 12.3 Å². The van der Waals surface area contributed by atoms with Gasteiger partial charge in [0.25, 0.3) is 5.56 Å². The molecule has 0 aliphatic carbocycles. The Morgan fingerprint density at radius 3 is 3.23 bits per heavy atom. The first kappa shape index (κ1) is 3.01. The van der Waals surface area contributed by atoms with Crippen LogP contribution in [-0.4, -0.2) is 15.1 Å². The van der Waals surface area contributed by atoms with Gasteiger partial charge in [-0.05, 0) is 12.7 Å². The molecule has 72 valence electrons. The van der Waals surface area contributed by atoms with Gasteiger partial charge in [0.2, 0.25) is 11.8 Å². The minimum Gasteiger partial charge on any atom is -0.493 e. The molecular weight excluding hydrogens is 170 g/mol. The van der Waals surface area contributed by atoms with Crippen molar-refractivity contribution in [3.8, 4) is 5.88 Å². The number of anilines is 1. The first-order chi connectivity index (χ1) is 9.57. The van der Waals surface area contributed by atoms with E-state index in [-0.39, 0.29) is 0 Å². The Morgan fingerprint density at radius 1 is 1.85 bits per heavy atom. The second kappa shape index (κ2) is 3.93. The van der Waals surface area contributed by atoms with Crippen molar-refractivity contribution in [1.29, 1.82) is 0 Å². The Bertz CT molecular complexity index is 637.